The van der Waals surface area contributed by atoms with Crippen LogP contribution in [0.3, 0.4) is 0 Å². The van der Waals surface area contributed by atoms with Crippen LogP contribution in [0.2, 0.25) is 0 Å². The lowest BCUT2D eigenvalue weighted by Gasteiger charge is -2.32. The molecule has 160 valence electrons. The van der Waals surface area contributed by atoms with Crippen LogP contribution in [-0.2, 0) is 19.5 Å². The Labute approximate surface area is 188 Å². The first-order valence-corrected chi connectivity index (χ1v) is 11.8. The van der Waals surface area contributed by atoms with Crippen LogP contribution >= 0.6 is 11.8 Å². The van der Waals surface area contributed by atoms with E-state index in [1.54, 1.807) is 18.9 Å². The average Bonchev–Trinajstić information content (AvgIpc) is 2.83. The molecule has 1 amide bonds. The molecule has 0 atom stereocenters. The van der Waals surface area contributed by atoms with Crippen LogP contribution < -0.4 is 15.0 Å². The number of thioether (sulfide) groups is 1. The molecule has 0 spiro atoms. The lowest BCUT2D eigenvalue weighted by molar-refractivity contribution is 0.0951. The fraction of sp³-hybridized carbons (Fsp3) is 0.269. The van der Waals surface area contributed by atoms with Crippen LogP contribution in [0, 0.1) is 0 Å². The highest BCUT2D eigenvalue weighted by Gasteiger charge is 2.20. The Kier molecular flexibility index (Phi) is 6.82. The maximum absolute atomic E-state index is 12.7. The first-order chi connectivity index (χ1) is 15.2. The van der Waals surface area contributed by atoms with Gasteiger partial charge in [0.15, 0.2) is 0 Å². The summed E-state index contributed by atoms with van der Waals surface area (Å²) < 4.78 is 5.52. The molecule has 4 nitrogen and oxygen atoms in total. The minimum atomic E-state index is -0.0291. The molecule has 1 aliphatic rings. The maximum atomic E-state index is 12.7. The molecule has 3 aromatic carbocycles. The van der Waals surface area contributed by atoms with E-state index >= 15 is 0 Å². The predicted molar refractivity (Wildman–Crippen MR) is 128 cm³/mol. The third kappa shape index (κ3) is 5.05. The second-order valence-electron chi connectivity index (χ2n) is 7.71. The van der Waals surface area contributed by atoms with Gasteiger partial charge in [-0.1, -0.05) is 30.3 Å². The number of ether oxygens (including phenoxy) is 1. The van der Waals surface area contributed by atoms with E-state index in [9.17, 15) is 4.79 Å². The normalized spacial score (nSPS) is 12.9. The number of hydrogen-bond acceptors (Lipinski definition) is 4. The second kappa shape index (κ2) is 9.92. The van der Waals surface area contributed by atoms with Crippen molar-refractivity contribution < 1.29 is 9.53 Å². The Morgan fingerprint density at radius 2 is 1.90 bits per heavy atom. The summed E-state index contributed by atoms with van der Waals surface area (Å²) >= 11 is 1.72. The van der Waals surface area contributed by atoms with Crippen molar-refractivity contribution in [2.24, 2.45) is 0 Å². The van der Waals surface area contributed by atoms with Gasteiger partial charge in [0.2, 0.25) is 0 Å². The van der Waals surface area contributed by atoms with Crippen molar-refractivity contribution in [1.82, 2.24) is 5.32 Å². The van der Waals surface area contributed by atoms with Gasteiger partial charge in [-0.2, -0.15) is 0 Å². The Morgan fingerprint density at radius 1 is 1.10 bits per heavy atom. The summed E-state index contributed by atoms with van der Waals surface area (Å²) in [7, 11) is 1.71. The van der Waals surface area contributed by atoms with Crippen LogP contribution in [-0.4, -0.2) is 25.8 Å². The van der Waals surface area contributed by atoms with Gasteiger partial charge in [-0.3, -0.25) is 4.79 Å². The molecule has 0 aliphatic carbocycles. The van der Waals surface area contributed by atoms with Gasteiger partial charge in [-0.15, -0.1) is 11.8 Å². The highest BCUT2D eigenvalue weighted by molar-refractivity contribution is 7.98. The summed E-state index contributed by atoms with van der Waals surface area (Å²) in [4.78, 5) is 16.3. The Morgan fingerprint density at radius 3 is 2.68 bits per heavy atom. The van der Waals surface area contributed by atoms with E-state index in [1.165, 1.54) is 21.7 Å². The van der Waals surface area contributed by atoms with Gasteiger partial charge in [0, 0.05) is 41.3 Å². The molecule has 1 heterocycles. The van der Waals surface area contributed by atoms with Crippen molar-refractivity contribution in [2.75, 3.05) is 24.8 Å². The minimum absolute atomic E-state index is 0.0291. The number of fused-ring (bicyclic) bond motifs is 1. The number of hydrogen-bond donors (Lipinski definition) is 1. The van der Waals surface area contributed by atoms with Gasteiger partial charge in [0.05, 0.1) is 7.11 Å². The van der Waals surface area contributed by atoms with Crippen LogP contribution in [0.4, 0.5) is 5.69 Å². The smallest absolute Gasteiger partial charge is 0.251 e. The lowest BCUT2D eigenvalue weighted by atomic mass is 9.98. The van der Waals surface area contributed by atoms with Crippen molar-refractivity contribution >= 4 is 23.4 Å². The van der Waals surface area contributed by atoms with E-state index in [-0.39, 0.29) is 5.91 Å². The number of anilines is 1. The molecule has 3 aromatic rings. The number of methoxy groups -OCH3 is 1. The van der Waals surface area contributed by atoms with E-state index in [0.717, 1.165) is 42.8 Å². The van der Waals surface area contributed by atoms with Crippen molar-refractivity contribution in [3.8, 4) is 5.75 Å². The molecule has 0 saturated heterocycles. The number of amides is 1. The third-order valence-corrected chi connectivity index (χ3v) is 6.47. The van der Waals surface area contributed by atoms with Crippen molar-refractivity contribution in [3.05, 3.63) is 89.0 Å². The molecular formula is C26H28N2O2S. The molecular weight excluding hydrogens is 404 g/mol. The average molecular weight is 433 g/mol. The first-order valence-electron chi connectivity index (χ1n) is 10.6. The summed E-state index contributed by atoms with van der Waals surface area (Å²) in [5.41, 5.74) is 5.44. The summed E-state index contributed by atoms with van der Waals surface area (Å²) in [5.74, 6) is 0.884. The van der Waals surface area contributed by atoms with E-state index < -0.39 is 0 Å². The number of rotatable bonds is 7. The zero-order valence-corrected chi connectivity index (χ0v) is 18.9. The predicted octanol–water partition coefficient (Wildman–Crippen LogP) is 5.30. The van der Waals surface area contributed by atoms with Crippen LogP contribution in [0.15, 0.2) is 71.6 Å². The lowest BCUT2D eigenvalue weighted by Crippen LogP contribution is -2.29. The highest BCUT2D eigenvalue weighted by Crippen LogP contribution is 2.31. The Hall–Kier alpha value is -2.92. The number of aryl methyl sites for hydroxylation is 1. The van der Waals surface area contributed by atoms with Gasteiger partial charge in [0.1, 0.15) is 5.75 Å². The third-order valence-electron chi connectivity index (χ3n) is 5.72. The van der Waals surface area contributed by atoms with Crippen LogP contribution in [0.1, 0.15) is 33.5 Å². The molecule has 0 aromatic heterocycles. The summed E-state index contributed by atoms with van der Waals surface area (Å²) in [6, 6.07) is 22.5. The molecule has 1 aliphatic heterocycles. The number of carbonyl (C=O) groups is 1. The molecule has 31 heavy (non-hydrogen) atoms. The molecule has 0 fully saturated rings. The largest absolute Gasteiger partial charge is 0.496 e. The molecule has 0 saturated carbocycles. The minimum Gasteiger partial charge on any atom is -0.496 e. The van der Waals surface area contributed by atoms with Crippen molar-refractivity contribution in [3.63, 3.8) is 0 Å². The number of nitrogens with zero attached hydrogens (tertiary/aromatic N) is 1. The zero-order chi connectivity index (χ0) is 21.6. The fourth-order valence-electron chi connectivity index (χ4n) is 4.05. The maximum Gasteiger partial charge on any atom is 0.251 e. The van der Waals surface area contributed by atoms with Gasteiger partial charge in [-0.25, -0.2) is 0 Å². The fourth-order valence-corrected chi connectivity index (χ4v) is 4.46. The monoisotopic (exact) mass is 432 g/mol. The van der Waals surface area contributed by atoms with E-state index in [4.69, 9.17) is 4.74 Å². The van der Waals surface area contributed by atoms with Gasteiger partial charge < -0.3 is 15.0 Å². The zero-order valence-electron chi connectivity index (χ0n) is 18.1. The standard InChI is InChI=1S/C26H28N2O2S/c1-30-25-8-4-3-6-22(25)18-28-15-5-7-20-16-21(11-14-24(20)28)26(29)27-17-19-9-12-23(31-2)13-10-19/h3-4,6,8-14,16H,5,7,15,17-18H2,1-2H3,(H,27,29). The second-order valence-corrected chi connectivity index (χ2v) is 8.59. The number of carbonyl (C=O) groups excluding carboxylic acids is 1. The van der Waals surface area contributed by atoms with Gasteiger partial charge in [0.25, 0.3) is 5.91 Å². The van der Waals surface area contributed by atoms with Crippen molar-refractivity contribution in [1.29, 1.82) is 0 Å². The Bertz CT molecular complexity index is 1050. The molecule has 1 N–H and O–H groups in total. The molecule has 5 heteroatoms. The SMILES string of the molecule is COc1ccccc1CN1CCCc2cc(C(=O)NCc3ccc(SC)cc3)ccc21. The quantitative estimate of drug-likeness (QED) is 0.515. The number of para-hydroxylation sites is 1. The topological polar surface area (TPSA) is 41.6 Å². The van der Waals surface area contributed by atoms with Gasteiger partial charge >= 0.3 is 0 Å². The summed E-state index contributed by atoms with van der Waals surface area (Å²) in [6.07, 6.45) is 4.13. The van der Waals surface area contributed by atoms with E-state index in [1.807, 2.05) is 24.3 Å². The molecule has 4 rings (SSSR count). The van der Waals surface area contributed by atoms with Crippen LogP contribution in [0.5, 0.6) is 5.75 Å². The summed E-state index contributed by atoms with van der Waals surface area (Å²) in [6.45, 7) is 2.34. The van der Waals surface area contributed by atoms with Gasteiger partial charge in [-0.05, 0) is 66.6 Å². The number of nitrogens with one attached hydrogen (secondary N) is 1. The number of benzene rings is 3. The van der Waals surface area contributed by atoms with E-state index in [0.29, 0.717) is 6.54 Å². The molecule has 0 radical (unpaired) electrons. The summed E-state index contributed by atoms with van der Waals surface area (Å²) in [5, 5.41) is 3.05. The van der Waals surface area contributed by atoms with Crippen LogP contribution in [0.25, 0.3) is 0 Å². The van der Waals surface area contributed by atoms with Crippen molar-refractivity contribution in [2.45, 2.75) is 30.8 Å². The molecule has 0 bridgehead atoms. The first kappa shape index (κ1) is 21.3. The van der Waals surface area contributed by atoms with E-state index in [2.05, 4.69) is 58.9 Å². The highest BCUT2D eigenvalue weighted by atomic mass is 32.2. The Balaban J connectivity index is 1.45. The molecule has 0 unspecified atom stereocenters.